The Balaban J connectivity index is 2.14. The Morgan fingerprint density at radius 3 is 2.78 bits per heavy atom. The van der Waals surface area contributed by atoms with Crippen molar-refractivity contribution in [3.05, 3.63) is 23.8 Å². The van der Waals surface area contributed by atoms with Gasteiger partial charge in [0.1, 0.15) is 0 Å². The van der Waals surface area contributed by atoms with E-state index in [-0.39, 0.29) is 5.56 Å². The minimum atomic E-state index is -0.926. The van der Waals surface area contributed by atoms with E-state index in [1.54, 1.807) is 12.1 Å². The molecular weight excluding hydrogens is 228 g/mol. The number of nitrogens with one attached hydrogen (secondary N) is 1. The number of carbonyl (C=O) groups is 1. The molecule has 1 aromatic rings. The summed E-state index contributed by atoms with van der Waals surface area (Å²) in [7, 11) is 0. The van der Waals surface area contributed by atoms with E-state index in [2.05, 4.69) is 19.2 Å². The third-order valence-corrected chi connectivity index (χ3v) is 3.63. The summed E-state index contributed by atoms with van der Waals surface area (Å²) in [5.41, 5.74) is 7.84. The SMILES string of the molecule is CC1(C)CCC(Nc2cc(C(=O)O)ccc2N)C1. The molecule has 1 saturated carbocycles. The molecule has 1 unspecified atom stereocenters. The van der Waals surface area contributed by atoms with Crippen molar-refractivity contribution in [3.8, 4) is 0 Å². The molecule has 0 aromatic heterocycles. The zero-order chi connectivity index (χ0) is 13.3. The minimum absolute atomic E-state index is 0.268. The molecule has 0 radical (unpaired) electrons. The maximum absolute atomic E-state index is 10.9. The number of benzene rings is 1. The van der Waals surface area contributed by atoms with Crippen molar-refractivity contribution in [1.29, 1.82) is 0 Å². The number of nitrogens with two attached hydrogens (primary N) is 1. The van der Waals surface area contributed by atoms with Crippen LogP contribution in [0.2, 0.25) is 0 Å². The highest BCUT2D eigenvalue weighted by Crippen LogP contribution is 2.38. The molecule has 18 heavy (non-hydrogen) atoms. The Morgan fingerprint density at radius 2 is 2.22 bits per heavy atom. The fourth-order valence-corrected chi connectivity index (χ4v) is 2.59. The van der Waals surface area contributed by atoms with E-state index in [1.165, 1.54) is 12.5 Å². The monoisotopic (exact) mass is 248 g/mol. The summed E-state index contributed by atoms with van der Waals surface area (Å²) < 4.78 is 0. The van der Waals surface area contributed by atoms with Gasteiger partial charge in [-0.1, -0.05) is 13.8 Å². The Bertz CT molecular complexity index is 469. The Hall–Kier alpha value is -1.71. The number of aromatic carboxylic acids is 1. The number of anilines is 2. The number of hydrogen-bond acceptors (Lipinski definition) is 3. The van der Waals surface area contributed by atoms with Crippen LogP contribution < -0.4 is 11.1 Å². The van der Waals surface area contributed by atoms with Gasteiger partial charge in [-0.05, 0) is 42.9 Å². The quantitative estimate of drug-likeness (QED) is 0.719. The molecule has 0 heterocycles. The second kappa shape index (κ2) is 4.52. The van der Waals surface area contributed by atoms with Crippen LogP contribution >= 0.6 is 0 Å². The van der Waals surface area contributed by atoms with Gasteiger partial charge in [0.05, 0.1) is 16.9 Å². The Labute approximate surface area is 107 Å². The van der Waals surface area contributed by atoms with Crippen LogP contribution in [-0.2, 0) is 0 Å². The smallest absolute Gasteiger partial charge is 0.335 e. The zero-order valence-corrected chi connectivity index (χ0v) is 10.9. The number of nitrogen functional groups attached to an aromatic ring is 1. The van der Waals surface area contributed by atoms with Crippen molar-refractivity contribution >= 4 is 17.3 Å². The van der Waals surface area contributed by atoms with Crippen molar-refractivity contribution < 1.29 is 9.90 Å². The molecule has 0 aliphatic heterocycles. The first kappa shape index (κ1) is 12.7. The van der Waals surface area contributed by atoms with E-state index in [1.807, 2.05) is 0 Å². The average molecular weight is 248 g/mol. The van der Waals surface area contributed by atoms with Crippen molar-refractivity contribution in [1.82, 2.24) is 0 Å². The van der Waals surface area contributed by atoms with Gasteiger partial charge in [0.2, 0.25) is 0 Å². The Morgan fingerprint density at radius 1 is 1.50 bits per heavy atom. The summed E-state index contributed by atoms with van der Waals surface area (Å²) in [6, 6.07) is 5.17. The molecule has 0 spiro atoms. The van der Waals surface area contributed by atoms with Crippen molar-refractivity contribution in [2.75, 3.05) is 11.1 Å². The van der Waals surface area contributed by atoms with E-state index in [0.29, 0.717) is 17.1 Å². The molecule has 1 aromatic carbocycles. The van der Waals surface area contributed by atoms with E-state index in [0.717, 1.165) is 18.5 Å². The largest absolute Gasteiger partial charge is 0.478 e. The minimum Gasteiger partial charge on any atom is -0.478 e. The van der Waals surface area contributed by atoms with E-state index in [9.17, 15) is 4.79 Å². The maximum atomic E-state index is 10.9. The molecule has 98 valence electrons. The highest BCUT2D eigenvalue weighted by molar-refractivity contribution is 5.90. The predicted molar refractivity (Wildman–Crippen MR) is 72.9 cm³/mol. The highest BCUT2D eigenvalue weighted by Gasteiger charge is 2.31. The van der Waals surface area contributed by atoms with Crippen LogP contribution in [0.4, 0.5) is 11.4 Å². The van der Waals surface area contributed by atoms with Gasteiger partial charge < -0.3 is 16.2 Å². The molecule has 1 atom stereocenters. The lowest BCUT2D eigenvalue weighted by atomic mass is 9.92. The first-order valence-corrected chi connectivity index (χ1v) is 6.27. The van der Waals surface area contributed by atoms with Gasteiger partial charge >= 0.3 is 5.97 Å². The summed E-state index contributed by atoms with van der Waals surface area (Å²) in [6.07, 6.45) is 3.37. The number of carboxylic acid groups (broad SMARTS) is 1. The van der Waals surface area contributed by atoms with Crippen molar-refractivity contribution in [2.45, 2.75) is 39.2 Å². The first-order chi connectivity index (χ1) is 8.37. The lowest BCUT2D eigenvalue weighted by Gasteiger charge is -2.19. The summed E-state index contributed by atoms with van der Waals surface area (Å²) >= 11 is 0. The summed E-state index contributed by atoms with van der Waals surface area (Å²) in [4.78, 5) is 10.9. The van der Waals surface area contributed by atoms with Crippen LogP contribution in [0.3, 0.4) is 0 Å². The first-order valence-electron chi connectivity index (χ1n) is 6.27. The van der Waals surface area contributed by atoms with E-state index >= 15 is 0 Å². The molecule has 0 saturated heterocycles. The van der Waals surface area contributed by atoms with Gasteiger partial charge in [-0.3, -0.25) is 0 Å². The molecule has 4 nitrogen and oxygen atoms in total. The molecular formula is C14H20N2O2. The topological polar surface area (TPSA) is 75.3 Å². The molecule has 1 fully saturated rings. The van der Waals surface area contributed by atoms with Gasteiger partial charge in [0.15, 0.2) is 0 Å². The van der Waals surface area contributed by atoms with Crippen LogP contribution in [0.5, 0.6) is 0 Å². The molecule has 4 heteroatoms. The number of hydrogen-bond donors (Lipinski definition) is 3. The lowest BCUT2D eigenvalue weighted by molar-refractivity contribution is 0.0697. The third-order valence-electron chi connectivity index (χ3n) is 3.63. The maximum Gasteiger partial charge on any atom is 0.335 e. The molecule has 1 aliphatic carbocycles. The number of carboxylic acids is 1. The fourth-order valence-electron chi connectivity index (χ4n) is 2.59. The van der Waals surface area contributed by atoms with E-state index in [4.69, 9.17) is 10.8 Å². The van der Waals surface area contributed by atoms with Crippen LogP contribution in [0.25, 0.3) is 0 Å². The highest BCUT2D eigenvalue weighted by atomic mass is 16.4. The molecule has 0 bridgehead atoms. The van der Waals surface area contributed by atoms with Crippen LogP contribution in [0, 0.1) is 5.41 Å². The molecule has 1 aliphatic rings. The standard InChI is InChI=1S/C14H20N2O2/c1-14(2)6-5-10(8-14)16-12-7-9(13(17)18)3-4-11(12)15/h3-4,7,10,16H,5-6,8,15H2,1-2H3,(H,17,18). The normalized spacial score (nSPS) is 21.8. The zero-order valence-electron chi connectivity index (χ0n) is 10.9. The van der Waals surface area contributed by atoms with Crippen LogP contribution in [0.15, 0.2) is 18.2 Å². The van der Waals surface area contributed by atoms with Crippen molar-refractivity contribution in [2.24, 2.45) is 5.41 Å². The lowest BCUT2D eigenvalue weighted by Crippen LogP contribution is -2.18. The average Bonchev–Trinajstić information content (AvgIpc) is 2.61. The van der Waals surface area contributed by atoms with E-state index < -0.39 is 5.97 Å². The molecule has 4 N–H and O–H groups in total. The third kappa shape index (κ3) is 2.75. The number of rotatable bonds is 3. The van der Waals surface area contributed by atoms with Crippen LogP contribution in [0.1, 0.15) is 43.5 Å². The van der Waals surface area contributed by atoms with Crippen LogP contribution in [-0.4, -0.2) is 17.1 Å². The second-order valence-electron chi connectivity index (χ2n) is 5.86. The Kier molecular flexibility index (Phi) is 3.20. The van der Waals surface area contributed by atoms with Gasteiger partial charge in [-0.15, -0.1) is 0 Å². The molecule has 2 rings (SSSR count). The van der Waals surface area contributed by atoms with Gasteiger partial charge in [0.25, 0.3) is 0 Å². The van der Waals surface area contributed by atoms with Gasteiger partial charge in [-0.25, -0.2) is 4.79 Å². The van der Waals surface area contributed by atoms with Gasteiger partial charge in [0, 0.05) is 6.04 Å². The second-order valence-corrected chi connectivity index (χ2v) is 5.86. The predicted octanol–water partition coefficient (Wildman–Crippen LogP) is 2.96. The van der Waals surface area contributed by atoms with Gasteiger partial charge in [-0.2, -0.15) is 0 Å². The molecule has 0 amide bonds. The van der Waals surface area contributed by atoms with Crippen molar-refractivity contribution in [3.63, 3.8) is 0 Å². The summed E-state index contributed by atoms with van der Waals surface area (Å²) in [5.74, 6) is -0.926. The fraction of sp³-hybridized carbons (Fsp3) is 0.500. The summed E-state index contributed by atoms with van der Waals surface area (Å²) in [5, 5.41) is 12.3. The summed E-state index contributed by atoms with van der Waals surface area (Å²) in [6.45, 7) is 4.51.